The third-order valence-corrected chi connectivity index (χ3v) is 3.90. The van der Waals surface area contributed by atoms with Crippen molar-refractivity contribution in [3.05, 3.63) is 42.0 Å². The normalized spacial score (nSPS) is 28.5. The number of fused-ring (bicyclic) bond motifs is 2. The lowest BCUT2D eigenvalue weighted by Gasteiger charge is -2.21. The number of hydrogen-bond acceptors (Lipinski definition) is 4. The highest BCUT2D eigenvalue weighted by atomic mass is 16.5. The number of carboxylic acid groups (broad SMARTS) is 2. The van der Waals surface area contributed by atoms with E-state index in [0.717, 1.165) is 0 Å². The second kappa shape index (κ2) is 5.27. The van der Waals surface area contributed by atoms with Crippen LogP contribution in [-0.2, 0) is 14.3 Å². The number of carbonyl (C=O) groups excluding carboxylic acids is 1. The van der Waals surface area contributed by atoms with Crippen LogP contribution < -0.4 is 5.32 Å². The molecular weight excluding hydrogens is 290 g/mol. The second-order valence-corrected chi connectivity index (χ2v) is 5.18. The number of aliphatic carboxylic acids is 1. The van der Waals surface area contributed by atoms with Gasteiger partial charge >= 0.3 is 11.9 Å². The molecule has 1 amide bonds. The van der Waals surface area contributed by atoms with Gasteiger partial charge in [0.15, 0.2) is 0 Å². The summed E-state index contributed by atoms with van der Waals surface area (Å²) in [5.41, 5.74) is 0.0817. The summed E-state index contributed by atoms with van der Waals surface area (Å²) in [7, 11) is 0. The molecule has 0 radical (unpaired) electrons. The molecule has 4 atom stereocenters. The lowest BCUT2D eigenvalue weighted by Crippen LogP contribution is -2.39. The average molecular weight is 303 g/mol. The lowest BCUT2D eigenvalue weighted by molar-refractivity contribution is -0.145. The summed E-state index contributed by atoms with van der Waals surface area (Å²) < 4.78 is 5.43. The number of hydrogen-bond donors (Lipinski definition) is 3. The maximum atomic E-state index is 12.4. The molecule has 1 aromatic carbocycles. The van der Waals surface area contributed by atoms with Crippen LogP contribution in [0.4, 0.5) is 5.69 Å². The summed E-state index contributed by atoms with van der Waals surface area (Å²) >= 11 is 0. The number of nitrogens with one attached hydrogen (secondary N) is 1. The molecule has 1 saturated heterocycles. The number of benzene rings is 1. The molecule has 3 N–H and O–H groups in total. The summed E-state index contributed by atoms with van der Waals surface area (Å²) in [4.78, 5) is 34.9. The molecule has 2 aliphatic heterocycles. The third-order valence-electron chi connectivity index (χ3n) is 3.90. The number of aromatic carboxylic acids is 1. The molecular formula is C15H13NO6. The summed E-state index contributed by atoms with van der Waals surface area (Å²) in [6, 6.07) is 5.96. The molecule has 2 heterocycles. The van der Waals surface area contributed by atoms with E-state index in [1.54, 1.807) is 24.3 Å². The lowest BCUT2D eigenvalue weighted by atomic mass is 9.82. The Bertz CT molecular complexity index is 682. The maximum absolute atomic E-state index is 12.4. The van der Waals surface area contributed by atoms with Crippen LogP contribution in [0.2, 0.25) is 0 Å². The van der Waals surface area contributed by atoms with E-state index in [-0.39, 0.29) is 11.3 Å². The Morgan fingerprint density at radius 3 is 2.27 bits per heavy atom. The zero-order valence-corrected chi connectivity index (χ0v) is 11.3. The van der Waals surface area contributed by atoms with E-state index in [0.29, 0.717) is 0 Å². The van der Waals surface area contributed by atoms with E-state index in [4.69, 9.17) is 9.84 Å². The summed E-state index contributed by atoms with van der Waals surface area (Å²) in [5.74, 6) is -4.68. The average Bonchev–Trinajstić information content (AvgIpc) is 3.08. The molecule has 3 rings (SSSR count). The molecule has 0 saturated carbocycles. The van der Waals surface area contributed by atoms with Crippen LogP contribution in [0.5, 0.6) is 0 Å². The molecule has 0 spiro atoms. The number of carbonyl (C=O) groups is 3. The molecule has 1 fully saturated rings. The Morgan fingerprint density at radius 2 is 1.64 bits per heavy atom. The Morgan fingerprint density at radius 1 is 1.00 bits per heavy atom. The molecule has 0 unspecified atom stereocenters. The number of carboxylic acids is 2. The van der Waals surface area contributed by atoms with Crippen molar-refractivity contribution >= 4 is 23.5 Å². The van der Waals surface area contributed by atoms with Crippen molar-refractivity contribution < 1.29 is 29.3 Å². The van der Waals surface area contributed by atoms with Gasteiger partial charge in [-0.25, -0.2) is 4.79 Å². The summed E-state index contributed by atoms with van der Waals surface area (Å²) in [5, 5.41) is 20.9. The van der Waals surface area contributed by atoms with E-state index in [2.05, 4.69) is 5.32 Å². The van der Waals surface area contributed by atoms with Gasteiger partial charge in [0, 0.05) is 0 Å². The molecule has 2 aliphatic rings. The smallest absolute Gasteiger partial charge is 0.337 e. The fourth-order valence-electron chi connectivity index (χ4n) is 2.91. The van der Waals surface area contributed by atoms with Crippen molar-refractivity contribution in [2.45, 2.75) is 12.2 Å². The van der Waals surface area contributed by atoms with Crippen LogP contribution in [0.25, 0.3) is 0 Å². The predicted molar refractivity (Wildman–Crippen MR) is 74.4 cm³/mol. The van der Waals surface area contributed by atoms with Gasteiger partial charge in [-0.05, 0) is 12.1 Å². The van der Waals surface area contributed by atoms with Crippen molar-refractivity contribution in [1.29, 1.82) is 0 Å². The zero-order valence-electron chi connectivity index (χ0n) is 11.3. The first-order chi connectivity index (χ1) is 10.5. The first kappa shape index (κ1) is 14.3. The van der Waals surface area contributed by atoms with Crippen molar-refractivity contribution in [2.75, 3.05) is 5.32 Å². The van der Waals surface area contributed by atoms with Crippen molar-refractivity contribution in [2.24, 2.45) is 11.8 Å². The zero-order chi connectivity index (χ0) is 15.9. The quantitative estimate of drug-likeness (QED) is 0.715. The molecule has 7 heteroatoms. The van der Waals surface area contributed by atoms with Gasteiger partial charge in [-0.3, -0.25) is 9.59 Å². The topological polar surface area (TPSA) is 113 Å². The highest BCUT2D eigenvalue weighted by Crippen LogP contribution is 2.40. The molecule has 22 heavy (non-hydrogen) atoms. The Balaban J connectivity index is 1.85. The third kappa shape index (κ3) is 2.25. The fourth-order valence-corrected chi connectivity index (χ4v) is 2.91. The number of ether oxygens (including phenoxy) is 1. The number of para-hydroxylation sites is 1. The molecule has 114 valence electrons. The minimum atomic E-state index is -1.17. The second-order valence-electron chi connectivity index (χ2n) is 5.18. The van der Waals surface area contributed by atoms with Gasteiger partial charge in [-0.1, -0.05) is 24.3 Å². The maximum Gasteiger partial charge on any atom is 0.337 e. The van der Waals surface area contributed by atoms with Gasteiger partial charge in [0.25, 0.3) is 0 Å². The van der Waals surface area contributed by atoms with Crippen LogP contribution in [0.3, 0.4) is 0 Å². The summed E-state index contributed by atoms with van der Waals surface area (Å²) in [6.45, 7) is 0. The monoisotopic (exact) mass is 303 g/mol. The molecule has 7 nitrogen and oxygen atoms in total. The highest BCUT2D eigenvalue weighted by Gasteiger charge is 2.53. The minimum Gasteiger partial charge on any atom is -0.481 e. The van der Waals surface area contributed by atoms with E-state index in [1.165, 1.54) is 12.1 Å². The van der Waals surface area contributed by atoms with E-state index in [9.17, 15) is 19.5 Å². The molecule has 2 bridgehead atoms. The van der Waals surface area contributed by atoms with Crippen LogP contribution in [-0.4, -0.2) is 40.3 Å². The van der Waals surface area contributed by atoms with Gasteiger partial charge in [0.2, 0.25) is 5.91 Å². The van der Waals surface area contributed by atoms with Crippen LogP contribution in [0.1, 0.15) is 10.4 Å². The Hall–Kier alpha value is -2.67. The van der Waals surface area contributed by atoms with Gasteiger partial charge in [-0.2, -0.15) is 0 Å². The van der Waals surface area contributed by atoms with E-state index >= 15 is 0 Å². The summed E-state index contributed by atoms with van der Waals surface area (Å²) in [6.07, 6.45) is 2.09. The van der Waals surface area contributed by atoms with E-state index < -0.39 is 41.9 Å². The van der Waals surface area contributed by atoms with Gasteiger partial charge in [0.05, 0.1) is 29.4 Å². The minimum absolute atomic E-state index is 0.0534. The number of rotatable bonds is 4. The predicted octanol–water partition coefficient (Wildman–Crippen LogP) is 0.977. The number of anilines is 1. The van der Waals surface area contributed by atoms with Gasteiger partial charge in [-0.15, -0.1) is 0 Å². The van der Waals surface area contributed by atoms with Crippen molar-refractivity contribution in [1.82, 2.24) is 0 Å². The molecule has 0 aromatic heterocycles. The molecule has 0 aliphatic carbocycles. The Labute approximate surface area is 125 Å². The van der Waals surface area contributed by atoms with Crippen LogP contribution in [0.15, 0.2) is 36.4 Å². The SMILES string of the molecule is O=C(O)c1ccccc1NC(=O)[C@H]1[C@@H](C(=O)O)[C@H]2C=C[C@H]1O2. The molecule has 1 aromatic rings. The van der Waals surface area contributed by atoms with Crippen molar-refractivity contribution in [3.8, 4) is 0 Å². The standard InChI is InChI=1S/C15H13NO6/c17-13(16-8-4-2-1-3-7(8)14(18)19)11-9-5-6-10(22-9)12(11)15(20)21/h1-6,9-12H,(H,16,17)(H,18,19)(H,20,21)/t9-,10-,11-,12+/m1/s1. The largest absolute Gasteiger partial charge is 0.481 e. The first-order valence-electron chi connectivity index (χ1n) is 6.69. The highest BCUT2D eigenvalue weighted by molar-refractivity contribution is 6.02. The number of amides is 1. The van der Waals surface area contributed by atoms with Crippen LogP contribution in [0, 0.1) is 11.8 Å². The van der Waals surface area contributed by atoms with Gasteiger partial charge in [0.1, 0.15) is 5.92 Å². The van der Waals surface area contributed by atoms with E-state index in [1.807, 2.05) is 0 Å². The Kier molecular flexibility index (Phi) is 3.42. The fraction of sp³-hybridized carbons (Fsp3) is 0.267. The first-order valence-corrected chi connectivity index (χ1v) is 6.69. The van der Waals surface area contributed by atoms with Gasteiger partial charge < -0.3 is 20.3 Å². The van der Waals surface area contributed by atoms with Crippen LogP contribution >= 0.6 is 0 Å². The van der Waals surface area contributed by atoms with Crippen molar-refractivity contribution in [3.63, 3.8) is 0 Å².